The average molecular weight is 257 g/mol. The Hall–Kier alpha value is -1.57. The highest BCUT2D eigenvalue weighted by Gasteiger charge is 2.11. The zero-order valence-corrected chi connectivity index (χ0v) is 9.77. The van der Waals surface area contributed by atoms with Crippen LogP contribution in [-0.4, -0.2) is 28.9 Å². The summed E-state index contributed by atoms with van der Waals surface area (Å²) in [5, 5.41) is 8.66. The topological polar surface area (TPSA) is 98.9 Å². The van der Waals surface area contributed by atoms with Gasteiger partial charge in [0.2, 0.25) is 0 Å². The van der Waals surface area contributed by atoms with E-state index in [0.717, 1.165) is 0 Å². The number of hydrogen-bond donors (Lipinski definition) is 2. The van der Waals surface area contributed by atoms with Crippen molar-refractivity contribution in [3.63, 3.8) is 0 Å². The molecule has 1 rings (SSSR count). The molecule has 3 N–H and O–H groups in total. The van der Waals surface area contributed by atoms with Gasteiger partial charge in [0.05, 0.1) is 11.1 Å². The molecule has 1 aromatic rings. The van der Waals surface area contributed by atoms with Gasteiger partial charge in [0.1, 0.15) is 0 Å². The molecule has 7 heteroatoms. The van der Waals surface area contributed by atoms with Crippen LogP contribution in [0.4, 0.5) is 0 Å². The van der Waals surface area contributed by atoms with Crippen LogP contribution >= 0.6 is 11.8 Å². The van der Waals surface area contributed by atoms with Gasteiger partial charge in [0.15, 0.2) is 5.56 Å². The van der Waals surface area contributed by atoms with Crippen LogP contribution in [0, 0.1) is 0 Å². The van der Waals surface area contributed by atoms with E-state index in [4.69, 9.17) is 10.8 Å². The third-order valence-electron chi connectivity index (χ3n) is 1.82. The van der Waals surface area contributed by atoms with Crippen LogP contribution in [0.5, 0.6) is 0 Å². The van der Waals surface area contributed by atoms with Crippen LogP contribution in [0.2, 0.25) is 0 Å². The fourth-order valence-corrected chi connectivity index (χ4v) is 1.05. The molecule has 0 saturated carbocycles. The van der Waals surface area contributed by atoms with Crippen molar-refractivity contribution in [2.75, 3.05) is 6.26 Å². The molecule has 0 aliphatic heterocycles. The van der Waals surface area contributed by atoms with Crippen molar-refractivity contribution in [3.8, 4) is 0 Å². The number of carbonyl (C=O) groups is 2. The van der Waals surface area contributed by atoms with E-state index in [9.17, 15) is 9.59 Å². The summed E-state index contributed by atoms with van der Waals surface area (Å²) < 4.78 is 0. The third-order valence-corrected chi connectivity index (χ3v) is 2.36. The van der Waals surface area contributed by atoms with E-state index >= 15 is 0 Å². The number of thioether (sulfide) groups is 1. The number of nitrogens with two attached hydrogens (primary N) is 1. The average Bonchev–Trinajstić information content (AvgIpc) is 2.35. The van der Waals surface area contributed by atoms with Gasteiger partial charge in [-0.05, 0) is 30.5 Å². The smallest absolute Gasteiger partial charge is 0.373 e. The van der Waals surface area contributed by atoms with Crippen LogP contribution in [0.15, 0.2) is 24.3 Å². The molecule has 0 heterocycles. The van der Waals surface area contributed by atoms with Crippen molar-refractivity contribution in [2.24, 2.45) is 5.73 Å². The van der Waals surface area contributed by atoms with Gasteiger partial charge in [0.25, 0.3) is 0 Å². The van der Waals surface area contributed by atoms with Gasteiger partial charge in [-0.1, -0.05) is 0 Å². The summed E-state index contributed by atoms with van der Waals surface area (Å²) in [5.41, 5.74) is 4.87. The molecule has 0 aliphatic carbocycles. The number of hydrogen-bond acceptors (Lipinski definition) is 6. The Morgan fingerprint density at radius 2 is 1.82 bits per heavy atom. The molecular formula is C10H11NO5S. The molecule has 1 aromatic carbocycles. The first-order chi connectivity index (χ1) is 8.04. The summed E-state index contributed by atoms with van der Waals surface area (Å²) >= 11 is 1.17. The van der Waals surface area contributed by atoms with Crippen molar-refractivity contribution in [2.45, 2.75) is 5.56 Å². The van der Waals surface area contributed by atoms with E-state index in [0.29, 0.717) is 0 Å². The minimum atomic E-state index is -1.06. The lowest BCUT2D eigenvalue weighted by Crippen LogP contribution is -2.21. The largest absolute Gasteiger partial charge is 0.478 e. The number of benzene rings is 1. The molecule has 1 atom stereocenters. The first kappa shape index (κ1) is 13.5. The Labute approximate surface area is 102 Å². The van der Waals surface area contributed by atoms with Crippen molar-refractivity contribution < 1.29 is 24.5 Å². The molecule has 0 bridgehead atoms. The number of rotatable bonds is 5. The second kappa shape index (κ2) is 6.24. The van der Waals surface area contributed by atoms with E-state index in [2.05, 4.69) is 9.78 Å². The molecule has 92 valence electrons. The van der Waals surface area contributed by atoms with Crippen molar-refractivity contribution >= 4 is 23.7 Å². The van der Waals surface area contributed by atoms with Gasteiger partial charge < -0.3 is 5.11 Å². The summed E-state index contributed by atoms with van der Waals surface area (Å²) in [6.45, 7) is 0. The van der Waals surface area contributed by atoms with E-state index in [1.807, 2.05) is 0 Å². The highest BCUT2D eigenvalue weighted by atomic mass is 32.2. The first-order valence-electron chi connectivity index (χ1n) is 4.54. The van der Waals surface area contributed by atoms with Gasteiger partial charge in [-0.3, -0.25) is 10.6 Å². The molecule has 0 spiro atoms. The lowest BCUT2D eigenvalue weighted by molar-refractivity contribution is -0.250. The van der Waals surface area contributed by atoms with Gasteiger partial charge in [-0.25, -0.2) is 9.59 Å². The maximum Gasteiger partial charge on any atom is 0.373 e. The summed E-state index contributed by atoms with van der Waals surface area (Å²) in [7, 11) is 0. The van der Waals surface area contributed by atoms with Gasteiger partial charge in [-0.15, -0.1) is 11.8 Å². The van der Waals surface area contributed by atoms with Gasteiger partial charge >= 0.3 is 11.9 Å². The predicted molar refractivity (Wildman–Crippen MR) is 61.4 cm³/mol. The molecule has 0 aliphatic rings. The van der Waals surface area contributed by atoms with Crippen molar-refractivity contribution in [1.29, 1.82) is 0 Å². The number of carboxylic acids is 1. The lowest BCUT2D eigenvalue weighted by atomic mass is 10.1. The summed E-state index contributed by atoms with van der Waals surface area (Å²) in [6.07, 6.45) is 1.69. The molecule has 0 aromatic heterocycles. The van der Waals surface area contributed by atoms with Gasteiger partial charge in [0, 0.05) is 0 Å². The Morgan fingerprint density at radius 1 is 1.29 bits per heavy atom. The maximum atomic E-state index is 11.4. The minimum Gasteiger partial charge on any atom is -0.478 e. The lowest BCUT2D eigenvalue weighted by Gasteiger charge is -2.07. The quantitative estimate of drug-likeness (QED) is 0.462. The van der Waals surface area contributed by atoms with Crippen molar-refractivity contribution in [3.05, 3.63) is 35.4 Å². The SMILES string of the molecule is CSC(N)OOC(=O)c1ccc(C(=O)O)cc1. The van der Waals surface area contributed by atoms with Crippen LogP contribution in [0.3, 0.4) is 0 Å². The zero-order valence-electron chi connectivity index (χ0n) is 8.95. The summed E-state index contributed by atoms with van der Waals surface area (Å²) in [4.78, 5) is 31.0. The first-order valence-corrected chi connectivity index (χ1v) is 5.82. The standard InChI is InChI=1S/C10H11NO5S/c1-17-10(11)16-15-9(14)7-4-2-6(3-5-7)8(12)13/h2-5,10H,11H2,1H3,(H,12,13). The summed E-state index contributed by atoms with van der Waals surface area (Å²) in [5.74, 6) is -1.79. The van der Waals surface area contributed by atoms with Crippen LogP contribution in [0.25, 0.3) is 0 Å². The fourth-order valence-electron chi connectivity index (χ4n) is 0.927. The van der Waals surface area contributed by atoms with E-state index in [1.54, 1.807) is 6.26 Å². The highest BCUT2D eigenvalue weighted by molar-refractivity contribution is 7.99. The number of carboxylic acid groups (broad SMARTS) is 1. The Balaban J connectivity index is 2.61. The molecule has 0 amide bonds. The van der Waals surface area contributed by atoms with E-state index < -0.39 is 17.5 Å². The Morgan fingerprint density at radius 3 is 2.29 bits per heavy atom. The molecule has 0 radical (unpaired) electrons. The van der Waals surface area contributed by atoms with E-state index in [1.165, 1.54) is 36.0 Å². The Bertz CT molecular complexity index is 406. The highest BCUT2D eigenvalue weighted by Crippen LogP contribution is 2.08. The zero-order chi connectivity index (χ0) is 12.8. The van der Waals surface area contributed by atoms with Crippen LogP contribution in [-0.2, 0) is 9.78 Å². The maximum absolute atomic E-state index is 11.4. The fraction of sp³-hybridized carbons (Fsp3) is 0.200. The second-order valence-electron chi connectivity index (χ2n) is 2.95. The van der Waals surface area contributed by atoms with Crippen LogP contribution in [0.1, 0.15) is 20.7 Å². The molecule has 0 fully saturated rings. The molecule has 1 unspecified atom stereocenters. The third kappa shape index (κ3) is 4.06. The predicted octanol–water partition coefficient (Wildman–Crippen LogP) is 1.08. The summed E-state index contributed by atoms with van der Waals surface area (Å²) in [6, 6.07) is 5.26. The van der Waals surface area contributed by atoms with Gasteiger partial charge in [-0.2, -0.15) is 4.89 Å². The van der Waals surface area contributed by atoms with Crippen LogP contribution < -0.4 is 5.73 Å². The molecular weight excluding hydrogens is 246 g/mol. The molecule has 6 nitrogen and oxygen atoms in total. The minimum absolute atomic E-state index is 0.0864. The Kier molecular flexibility index (Phi) is 4.95. The monoisotopic (exact) mass is 257 g/mol. The number of carbonyl (C=O) groups excluding carboxylic acids is 1. The van der Waals surface area contributed by atoms with E-state index in [-0.39, 0.29) is 11.1 Å². The second-order valence-corrected chi connectivity index (χ2v) is 3.89. The normalized spacial score (nSPS) is 11.9. The molecule has 0 saturated heterocycles. The molecule has 17 heavy (non-hydrogen) atoms. The van der Waals surface area contributed by atoms with Crippen molar-refractivity contribution in [1.82, 2.24) is 0 Å². The number of aromatic carboxylic acids is 1.